The molecule has 0 bridgehead atoms. The summed E-state index contributed by atoms with van der Waals surface area (Å²) in [4.78, 5) is 9.51. The average Bonchev–Trinajstić information content (AvgIpc) is 3.25. The van der Waals surface area contributed by atoms with Crippen molar-refractivity contribution in [3.63, 3.8) is 0 Å². The fraction of sp³-hybridized carbons (Fsp3) is 0.471. The highest BCUT2D eigenvalue weighted by Crippen LogP contribution is 2.36. The minimum absolute atomic E-state index is 0.241. The molecule has 128 valence electrons. The van der Waals surface area contributed by atoms with Crippen molar-refractivity contribution in [3.05, 3.63) is 29.3 Å². The molecule has 1 aromatic carbocycles. The van der Waals surface area contributed by atoms with Crippen molar-refractivity contribution in [1.29, 1.82) is 0 Å². The molecule has 0 radical (unpaired) electrons. The van der Waals surface area contributed by atoms with Gasteiger partial charge in [-0.25, -0.2) is 4.98 Å². The molecule has 7 heteroatoms. The topological polar surface area (TPSA) is 58.1 Å². The third-order valence-corrected chi connectivity index (χ3v) is 5.38. The van der Waals surface area contributed by atoms with E-state index in [0.29, 0.717) is 6.79 Å². The van der Waals surface area contributed by atoms with Gasteiger partial charge in [-0.3, -0.25) is 9.80 Å². The van der Waals surface area contributed by atoms with E-state index in [4.69, 9.17) is 19.6 Å². The first-order valence-corrected chi connectivity index (χ1v) is 9.10. The Bertz CT molecular complexity index is 698. The van der Waals surface area contributed by atoms with Crippen molar-refractivity contribution >= 4 is 11.3 Å². The number of rotatable bonds is 5. The SMILES string of the molecule is OCCN1CCN(Cc2csc(-c3ccc4c(c3)OCO4)n2)CC1. The van der Waals surface area contributed by atoms with E-state index in [0.717, 1.165) is 67.0 Å². The van der Waals surface area contributed by atoms with E-state index >= 15 is 0 Å². The molecule has 1 fully saturated rings. The number of benzene rings is 1. The highest BCUT2D eigenvalue weighted by Gasteiger charge is 2.18. The van der Waals surface area contributed by atoms with E-state index in [2.05, 4.69) is 15.2 Å². The zero-order valence-electron chi connectivity index (χ0n) is 13.5. The highest BCUT2D eigenvalue weighted by atomic mass is 32.1. The molecule has 24 heavy (non-hydrogen) atoms. The van der Waals surface area contributed by atoms with Crippen LogP contribution in [0.15, 0.2) is 23.6 Å². The third kappa shape index (κ3) is 3.39. The molecule has 6 nitrogen and oxygen atoms in total. The number of hydrogen-bond donors (Lipinski definition) is 1. The maximum Gasteiger partial charge on any atom is 0.231 e. The van der Waals surface area contributed by atoms with Gasteiger partial charge < -0.3 is 14.6 Å². The summed E-state index contributed by atoms with van der Waals surface area (Å²) in [6, 6.07) is 5.97. The van der Waals surface area contributed by atoms with Gasteiger partial charge in [-0.15, -0.1) is 11.3 Å². The van der Waals surface area contributed by atoms with E-state index in [9.17, 15) is 0 Å². The maximum atomic E-state index is 9.01. The van der Waals surface area contributed by atoms with Crippen LogP contribution in [0.5, 0.6) is 11.5 Å². The van der Waals surface area contributed by atoms with Crippen LogP contribution in [-0.4, -0.2) is 66.0 Å². The normalized spacial score (nSPS) is 18.2. The van der Waals surface area contributed by atoms with Crippen molar-refractivity contribution in [3.8, 4) is 22.1 Å². The van der Waals surface area contributed by atoms with Crippen molar-refractivity contribution in [2.45, 2.75) is 6.54 Å². The van der Waals surface area contributed by atoms with Crippen LogP contribution >= 0.6 is 11.3 Å². The Morgan fingerprint density at radius 3 is 2.71 bits per heavy atom. The quantitative estimate of drug-likeness (QED) is 0.888. The molecular formula is C17H21N3O3S. The van der Waals surface area contributed by atoms with Crippen molar-refractivity contribution in [2.24, 2.45) is 0 Å². The first kappa shape index (κ1) is 15.8. The van der Waals surface area contributed by atoms with Crippen LogP contribution in [0.4, 0.5) is 0 Å². The Labute approximate surface area is 145 Å². The molecule has 0 unspecified atom stereocenters. The number of aromatic nitrogens is 1. The lowest BCUT2D eigenvalue weighted by molar-refractivity contribution is 0.108. The van der Waals surface area contributed by atoms with Gasteiger partial charge in [0.1, 0.15) is 5.01 Å². The Morgan fingerprint density at radius 1 is 1.08 bits per heavy atom. The maximum absolute atomic E-state index is 9.01. The molecule has 2 aliphatic heterocycles. The predicted molar refractivity (Wildman–Crippen MR) is 92.5 cm³/mol. The summed E-state index contributed by atoms with van der Waals surface area (Å²) in [5.74, 6) is 1.60. The van der Waals surface area contributed by atoms with Crippen LogP contribution in [-0.2, 0) is 6.54 Å². The third-order valence-electron chi connectivity index (χ3n) is 4.44. The number of piperazine rings is 1. The molecule has 1 N–H and O–H groups in total. The van der Waals surface area contributed by atoms with Crippen LogP contribution in [0.2, 0.25) is 0 Å². The van der Waals surface area contributed by atoms with Crippen molar-refractivity contribution < 1.29 is 14.6 Å². The predicted octanol–water partition coefficient (Wildman–Crippen LogP) is 1.65. The Morgan fingerprint density at radius 2 is 1.88 bits per heavy atom. The van der Waals surface area contributed by atoms with Crippen LogP contribution in [0.3, 0.4) is 0 Å². The lowest BCUT2D eigenvalue weighted by atomic mass is 10.2. The van der Waals surface area contributed by atoms with Gasteiger partial charge in [0.25, 0.3) is 0 Å². The number of nitrogens with zero attached hydrogens (tertiary/aromatic N) is 3. The second kappa shape index (κ2) is 7.06. The van der Waals surface area contributed by atoms with Gasteiger partial charge in [0.05, 0.1) is 12.3 Å². The van der Waals surface area contributed by atoms with E-state index in [1.165, 1.54) is 0 Å². The number of fused-ring (bicyclic) bond motifs is 1. The number of β-amino-alcohol motifs (C(OH)–C–C–N with tert-alkyl or cyclic N) is 1. The van der Waals surface area contributed by atoms with E-state index < -0.39 is 0 Å². The lowest BCUT2D eigenvalue weighted by Gasteiger charge is -2.33. The second-order valence-corrected chi connectivity index (χ2v) is 6.91. The first-order chi connectivity index (χ1) is 11.8. The fourth-order valence-electron chi connectivity index (χ4n) is 3.08. The summed E-state index contributed by atoms with van der Waals surface area (Å²) in [7, 11) is 0. The van der Waals surface area contributed by atoms with Crippen LogP contribution < -0.4 is 9.47 Å². The number of thiazole rings is 1. The molecule has 0 amide bonds. The molecule has 2 aromatic rings. The van der Waals surface area contributed by atoms with E-state index in [1.807, 2.05) is 18.2 Å². The van der Waals surface area contributed by atoms with E-state index in [1.54, 1.807) is 11.3 Å². The highest BCUT2D eigenvalue weighted by molar-refractivity contribution is 7.13. The molecular weight excluding hydrogens is 326 g/mol. The van der Waals surface area contributed by atoms with E-state index in [-0.39, 0.29) is 6.61 Å². The monoisotopic (exact) mass is 347 g/mol. The van der Waals surface area contributed by atoms with Gasteiger partial charge in [0, 0.05) is 50.2 Å². The molecule has 2 aliphatic rings. The van der Waals surface area contributed by atoms with Gasteiger partial charge in [0.15, 0.2) is 11.5 Å². The van der Waals surface area contributed by atoms with Crippen LogP contribution in [0, 0.1) is 0 Å². The Hall–Kier alpha value is -1.67. The summed E-state index contributed by atoms with van der Waals surface area (Å²) < 4.78 is 10.8. The zero-order chi connectivity index (χ0) is 16.4. The van der Waals surface area contributed by atoms with Gasteiger partial charge in [0.2, 0.25) is 6.79 Å². The first-order valence-electron chi connectivity index (χ1n) is 8.22. The van der Waals surface area contributed by atoms with Crippen molar-refractivity contribution in [1.82, 2.24) is 14.8 Å². The lowest BCUT2D eigenvalue weighted by Crippen LogP contribution is -2.46. The molecule has 4 rings (SSSR count). The van der Waals surface area contributed by atoms with Gasteiger partial charge in [-0.1, -0.05) is 0 Å². The molecule has 0 atom stereocenters. The van der Waals surface area contributed by atoms with Crippen LogP contribution in [0.25, 0.3) is 10.6 Å². The number of ether oxygens (including phenoxy) is 2. The molecule has 0 saturated carbocycles. The number of aliphatic hydroxyl groups is 1. The average molecular weight is 347 g/mol. The molecule has 0 aliphatic carbocycles. The number of hydrogen-bond acceptors (Lipinski definition) is 7. The summed E-state index contributed by atoms with van der Waals surface area (Å²) in [5.41, 5.74) is 2.19. The molecule has 0 spiro atoms. The fourth-order valence-corrected chi connectivity index (χ4v) is 3.89. The molecule has 1 saturated heterocycles. The second-order valence-electron chi connectivity index (χ2n) is 6.05. The summed E-state index contributed by atoms with van der Waals surface area (Å²) >= 11 is 1.67. The minimum Gasteiger partial charge on any atom is -0.454 e. The summed E-state index contributed by atoms with van der Waals surface area (Å²) in [6.45, 7) is 6.27. The van der Waals surface area contributed by atoms with Gasteiger partial charge in [-0.2, -0.15) is 0 Å². The molecule has 1 aromatic heterocycles. The van der Waals surface area contributed by atoms with Gasteiger partial charge >= 0.3 is 0 Å². The zero-order valence-corrected chi connectivity index (χ0v) is 14.3. The number of aliphatic hydroxyl groups excluding tert-OH is 1. The van der Waals surface area contributed by atoms with Gasteiger partial charge in [-0.05, 0) is 18.2 Å². The smallest absolute Gasteiger partial charge is 0.231 e. The minimum atomic E-state index is 0.241. The summed E-state index contributed by atoms with van der Waals surface area (Å²) in [5, 5.41) is 12.2. The standard InChI is InChI=1S/C17H21N3O3S/c21-8-7-19-3-5-20(6-4-19)10-14-11-24-17(18-14)13-1-2-15-16(9-13)23-12-22-15/h1-2,9,11,21H,3-8,10,12H2. The summed E-state index contributed by atoms with van der Waals surface area (Å²) in [6.07, 6.45) is 0. The van der Waals surface area contributed by atoms with Crippen molar-refractivity contribution in [2.75, 3.05) is 46.1 Å². The Kier molecular flexibility index (Phi) is 4.66. The Balaban J connectivity index is 1.39. The van der Waals surface area contributed by atoms with Crippen LogP contribution in [0.1, 0.15) is 5.69 Å². The largest absolute Gasteiger partial charge is 0.454 e. The molecule has 3 heterocycles.